The van der Waals surface area contributed by atoms with Crippen LogP contribution in [0.2, 0.25) is 0 Å². The molecule has 0 saturated carbocycles. The largest absolute Gasteiger partial charge is 0.361 e. The number of aromatic nitrogens is 1. The third kappa shape index (κ3) is 4.14. The Morgan fingerprint density at radius 3 is 2.55 bits per heavy atom. The lowest BCUT2D eigenvalue weighted by Crippen LogP contribution is -2.42. The highest BCUT2D eigenvalue weighted by atomic mass is 16.2. The molecule has 2 N–H and O–H groups in total. The predicted molar refractivity (Wildman–Crippen MR) is 111 cm³/mol. The Hall–Kier alpha value is -3.59. The van der Waals surface area contributed by atoms with Gasteiger partial charge in [0.1, 0.15) is 0 Å². The molecule has 0 bridgehead atoms. The zero-order valence-corrected chi connectivity index (χ0v) is 16.0. The molecular weight excluding hydrogens is 364 g/mol. The number of amides is 2. The molecule has 2 heterocycles. The summed E-state index contributed by atoms with van der Waals surface area (Å²) in [7, 11) is 0. The van der Waals surface area contributed by atoms with Crippen LogP contribution in [0, 0.1) is 17.2 Å². The van der Waals surface area contributed by atoms with Gasteiger partial charge in [-0.1, -0.05) is 18.2 Å². The number of rotatable bonds is 4. The molecule has 6 heteroatoms. The van der Waals surface area contributed by atoms with Crippen molar-refractivity contribution >= 4 is 28.4 Å². The molecule has 6 nitrogen and oxygen atoms in total. The highest BCUT2D eigenvalue weighted by Crippen LogP contribution is 2.22. The first-order chi connectivity index (χ1) is 14.1. The highest BCUT2D eigenvalue weighted by molar-refractivity contribution is 5.93. The Balaban J connectivity index is 1.31. The molecule has 1 fully saturated rings. The lowest BCUT2D eigenvalue weighted by molar-refractivity contribution is -0.133. The van der Waals surface area contributed by atoms with Crippen LogP contribution in [0.4, 0.5) is 5.69 Å². The zero-order valence-electron chi connectivity index (χ0n) is 16.0. The first kappa shape index (κ1) is 18.8. The molecule has 0 unspecified atom stereocenters. The van der Waals surface area contributed by atoms with Gasteiger partial charge in [-0.15, -0.1) is 0 Å². The van der Waals surface area contributed by atoms with Crippen LogP contribution in [0.3, 0.4) is 0 Å². The Labute approximate surface area is 169 Å². The molecule has 3 aromatic rings. The van der Waals surface area contributed by atoms with Gasteiger partial charge in [0.05, 0.1) is 18.1 Å². The Morgan fingerprint density at radius 1 is 1.10 bits per heavy atom. The molecule has 146 valence electrons. The second-order valence-electron chi connectivity index (χ2n) is 7.37. The number of para-hydroxylation sites is 1. The van der Waals surface area contributed by atoms with Gasteiger partial charge in [0, 0.05) is 41.8 Å². The first-order valence-electron chi connectivity index (χ1n) is 9.78. The van der Waals surface area contributed by atoms with Gasteiger partial charge in [0.15, 0.2) is 0 Å². The van der Waals surface area contributed by atoms with Crippen molar-refractivity contribution in [2.75, 3.05) is 18.4 Å². The van der Waals surface area contributed by atoms with Crippen molar-refractivity contribution in [1.29, 1.82) is 5.26 Å². The standard InChI is InChI=1S/C23H22N4O2/c24-14-16-5-7-19(8-6-16)26-23(29)17-9-11-27(12-10-17)22(28)13-18-15-25-21-4-2-1-3-20(18)21/h1-8,15,17,25H,9-13H2,(H,26,29). The fourth-order valence-electron chi connectivity index (χ4n) is 3.82. The maximum absolute atomic E-state index is 12.7. The van der Waals surface area contributed by atoms with Crippen molar-refractivity contribution in [3.63, 3.8) is 0 Å². The van der Waals surface area contributed by atoms with Gasteiger partial charge < -0.3 is 15.2 Å². The monoisotopic (exact) mass is 386 g/mol. The molecule has 2 aromatic carbocycles. The van der Waals surface area contributed by atoms with Gasteiger partial charge in [-0.05, 0) is 48.7 Å². The van der Waals surface area contributed by atoms with E-state index < -0.39 is 0 Å². The molecule has 4 rings (SSSR count). The van der Waals surface area contributed by atoms with Gasteiger partial charge in [0.25, 0.3) is 0 Å². The summed E-state index contributed by atoms with van der Waals surface area (Å²) in [5.74, 6) is -0.0399. The molecule has 0 radical (unpaired) electrons. The second-order valence-corrected chi connectivity index (χ2v) is 7.37. The van der Waals surface area contributed by atoms with Crippen LogP contribution in [-0.2, 0) is 16.0 Å². The van der Waals surface area contributed by atoms with E-state index >= 15 is 0 Å². The number of aromatic amines is 1. The minimum absolute atomic E-state index is 0.0292. The van der Waals surface area contributed by atoms with Crippen molar-refractivity contribution in [3.05, 3.63) is 65.9 Å². The van der Waals surface area contributed by atoms with E-state index in [0.29, 0.717) is 43.6 Å². The van der Waals surface area contributed by atoms with Crippen molar-refractivity contribution in [1.82, 2.24) is 9.88 Å². The van der Waals surface area contributed by atoms with E-state index in [1.54, 1.807) is 24.3 Å². The summed E-state index contributed by atoms with van der Waals surface area (Å²) in [6.07, 6.45) is 3.58. The van der Waals surface area contributed by atoms with E-state index in [2.05, 4.69) is 16.4 Å². The average Bonchev–Trinajstić information content (AvgIpc) is 3.17. The van der Waals surface area contributed by atoms with Gasteiger partial charge in [0.2, 0.25) is 11.8 Å². The van der Waals surface area contributed by atoms with Crippen molar-refractivity contribution in [3.8, 4) is 6.07 Å². The van der Waals surface area contributed by atoms with E-state index in [-0.39, 0.29) is 17.7 Å². The smallest absolute Gasteiger partial charge is 0.227 e. The minimum Gasteiger partial charge on any atom is -0.361 e. The summed E-state index contributed by atoms with van der Waals surface area (Å²) < 4.78 is 0. The van der Waals surface area contributed by atoms with E-state index in [1.165, 1.54) is 0 Å². The van der Waals surface area contributed by atoms with Crippen molar-refractivity contribution in [2.24, 2.45) is 5.92 Å². The van der Waals surface area contributed by atoms with Crippen LogP contribution in [0.1, 0.15) is 24.0 Å². The number of likely N-dealkylation sites (tertiary alicyclic amines) is 1. The summed E-state index contributed by atoms with van der Waals surface area (Å²) in [5.41, 5.74) is 3.29. The molecule has 2 amide bonds. The lowest BCUT2D eigenvalue weighted by Gasteiger charge is -2.31. The number of hydrogen-bond acceptors (Lipinski definition) is 3. The molecular formula is C23H22N4O2. The number of piperidine rings is 1. The lowest BCUT2D eigenvalue weighted by atomic mass is 9.95. The first-order valence-corrected chi connectivity index (χ1v) is 9.78. The van der Waals surface area contributed by atoms with Crippen LogP contribution in [0.15, 0.2) is 54.7 Å². The highest BCUT2D eigenvalue weighted by Gasteiger charge is 2.27. The van der Waals surface area contributed by atoms with E-state index in [1.807, 2.05) is 35.4 Å². The quantitative estimate of drug-likeness (QED) is 0.720. The van der Waals surface area contributed by atoms with Crippen LogP contribution in [-0.4, -0.2) is 34.8 Å². The maximum atomic E-state index is 12.7. The van der Waals surface area contributed by atoms with Crippen LogP contribution < -0.4 is 5.32 Å². The fraction of sp³-hybridized carbons (Fsp3) is 0.261. The number of anilines is 1. The molecule has 0 aliphatic carbocycles. The SMILES string of the molecule is N#Cc1ccc(NC(=O)C2CCN(C(=O)Cc3c[nH]c4ccccc34)CC2)cc1. The second kappa shape index (κ2) is 8.19. The maximum Gasteiger partial charge on any atom is 0.227 e. The number of fused-ring (bicyclic) bond motifs is 1. The summed E-state index contributed by atoms with van der Waals surface area (Å²) in [5, 5.41) is 12.8. The Bertz CT molecular complexity index is 1070. The molecule has 0 atom stereocenters. The zero-order chi connectivity index (χ0) is 20.2. The summed E-state index contributed by atoms with van der Waals surface area (Å²) in [6.45, 7) is 1.18. The average molecular weight is 386 g/mol. The number of nitriles is 1. The van der Waals surface area contributed by atoms with Crippen LogP contribution >= 0.6 is 0 Å². The molecule has 1 aromatic heterocycles. The predicted octanol–water partition coefficient (Wildman–Crippen LogP) is 3.46. The topological polar surface area (TPSA) is 89.0 Å². The summed E-state index contributed by atoms with van der Waals surface area (Å²) in [4.78, 5) is 30.3. The molecule has 1 aliphatic heterocycles. The van der Waals surface area contributed by atoms with Crippen molar-refractivity contribution in [2.45, 2.75) is 19.3 Å². The number of nitrogens with zero attached hydrogens (tertiary/aromatic N) is 2. The van der Waals surface area contributed by atoms with Crippen LogP contribution in [0.5, 0.6) is 0 Å². The summed E-state index contributed by atoms with van der Waals surface area (Å²) in [6, 6.07) is 16.9. The number of carbonyl (C=O) groups excluding carboxylic acids is 2. The number of benzene rings is 2. The normalized spacial score (nSPS) is 14.5. The van der Waals surface area contributed by atoms with Gasteiger partial charge in [-0.3, -0.25) is 9.59 Å². The minimum atomic E-state index is -0.109. The fourth-order valence-corrected chi connectivity index (χ4v) is 3.82. The third-order valence-corrected chi connectivity index (χ3v) is 5.52. The summed E-state index contributed by atoms with van der Waals surface area (Å²) >= 11 is 0. The third-order valence-electron chi connectivity index (χ3n) is 5.52. The molecule has 1 saturated heterocycles. The number of H-pyrrole nitrogens is 1. The van der Waals surface area contributed by atoms with E-state index in [9.17, 15) is 9.59 Å². The molecule has 1 aliphatic rings. The Kier molecular flexibility index (Phi) is 5.30. The van der Waals surface area contributed by atoms with Gasteiger partial charge in [-0.25, -0.2) is 0 Å². The van der Waals surface area contributed by atoms with Gasteiger partial charge in [-0.2, -0.15) is 5.26 Å². The number of hydrogen-bond donors (Lipinski definition) is 2. The number of carbonyl (C=O) groups is 2. The molecule has 0 spiro atoms. The number of nitrogens with one attached hydrogen (secondary N) is 2. The van der Waals surface area contributed by atoms with E-state index in [4.69, 9.17) is 5.26 Å². The molecule has 29 heavy (non-hydrogen) atoms. The Morgan fingerprint density at radius 2 is 1.83 bits per heavy atom. The van der Waals surface area contributed by atoms with Crippen molar-refractivity contribution < 1.29 is 9.59 Å². The van der Waals surface area contributed by atoms with E-state index in [0.717, 1.165) is 16.5 Å². The van der Waals surface area contributed by atoms with Gasteiger partial charge >= 0.3 is 0 Å². The van der Waals surface area contributed by atoms with Crippen LogP contribution in [0.25, 0.3) is 10.9 Å².